The van der Waals surface area contributed by atoms with Crippen molar-refractivity contribution in [1.29, 1.82) is 0 Å². The van der Waals surface area contributed by atoms with Crippen LogP contribution in [0.15, 0.2) is 54.6 Å². The molecular weight excluding hydrogens is 400 g/mol. The summed E-state index contributed by atoms with van der Waals surface area (Å²) >= 11 is 0. The van der Waals surface area contributed by atoms with Gasteiger partial charge in [0.2, 0.25) is 0 Å². The van der Waals surface area contributed by atoms with Crippen LogP contribution in [0.25, 0.3) is 0 Å². The second-order valence-corrected chi connectivity index (χ2v) is 9.11. The first-order chi connectivity index (χ1) is 15.5. The van der Waals surface area contributed by atoms with Crippen molar-refractivity contribution in [1.82, 2.24) is 14.7 Å². The van der Waals surface area contributed by atoms with E-state index in [2.05, 4.69) is 48.3 Å². The smallest absolute Gasteiger partial charge is 0.322 e. The Balaban J connectivity index is 1.30. The molecule has 170 valence electrons. The van der Waals surface area contributed by atoms with E-state index >= 15 is 0 Å². The average molecular weight is 435 g/mol. The molecule has 0 spiro atoms. The molecule has 3 amide bonds. The topological polar surface area (TPSA) is 55.9 Å². The van der Waals surface area contributed by atoms with Crippen LogP contribution in [0.2, 0.25) is 0 Å². The van der Waals surface area contributed by atoms with E-state index in [-0.39, 0.29) is 24.0 Å². The first-order valence-corrected chi connectivity index (χ1v) is 11.8. The molecule has 2 aromatic rings. The molecule has 32 heavy (non-hydrogen) atoms. The molecule has 2 aliphatic rings. The maximum Gasteiger partial charge on any atom is 0.322 e. The summed E-state index contributed by atoms with van der Waals surface area (Å²) in [7, 11) is 0. The van der Waals surface area contributed by atoms with Gasteiger partial charge in [0.05, 0.1) is 0 Å². The maximum absolute atomic E-state index is 12.9. The van der Waals surface area contributed by atoms with Crippen molar-refractivity contribution in [3.63, 3.8) is 0 Å². The van der Waals surface area contributed by atoms with Gasteiger partial charge in [-0.05, 0) is 62.9 Å². The van der Waals surface area contributed by atoms with E-state index in [1.807, 2.05) is 40.1 Å². The highest BCUT2D eigenvalue weighted by molar-refractivity contribution is 5.95. The Morgan fingerprint density at radius 3 is 2.31 bits per heavy atom. The van der Waals surface area contributed by atoms with E-state index in [4.69, 9.17) is 0 Å². The number of carbonyl (C=O) groups is 2. The highest BCUT2D eigenvalue weighted by Gasteiger charge is 2.28. The fraction of sp³-hybridized carbons (Fsp3) is 0.462. The summed E-state index contributed by atoms with van der Waals surface area (Å²) in [6, 6.07) is 18.1. The standard InChI is InChI=1S/C26H34N4O2/c1-20-8-6-7-15-29(20)25(31)23-11-13-24(14-12-23)27-26(32)30-17-16-28(18-21(30)2)19-22-9-4-3-5-10-22/h3-5,9-14,20-21H,6-8,15-19H2,1-2H3,(H,27,32)/t20-,21-/m1/s1. The van der Waals surface area contributed by atoms with E-state index in [1.54, 1.807) is 0 Å². The fourth-order valence-corrected chi connectivity index (χ4v) is 4.78. The third kappa shape index (κ3) is 5.30. The molecule has 6 heteroatoms. The summed E-state index contributed by atoms with van der Waals surface area (Å²) in [6.45, 7) is 8.35. The molecule has 0 saturated carbocycles. The highest BCUT2D eigenvalue weighted by Crippen LogP contribution is 2.21. The monoisotopic (exact) mass is 434 g/mol. The van der Waals surface area contributed by atoms with Gasteiger partial charge in [-0.1, -0.05) is 30.3 Å². The van der Waals surface area contributed by atoms with E-state index in [0.29, 0.717) is 12.1 Å². The minimum Gasteiger partial charge on any atom is -0.336 e. The lowest BCUT2D eigenvalue weighted by Gasteiger charge is -2.39. The number of likely N-dealkylation sites (tertiary alicyclic amines) is 1. The number of piperidine rings is 1. The van der Waals surface area contributed by atoms with Crippen LogP contribution < -0.4 is 5.32 Å². The minimum atomic E-state index is -0.0828. The normalized spacial score (nSPS) is 21.9. The Labute approximate surface area is 191 Å². The number of urea groups is 1. The summed E-state index contributed by atoms with van der Waals surface area (Å²) in [5.74, 6) is 0.0817. The molecule has 2 aromatic carbocycles. The molecule has 2 heterocycles. The van der Waals surface area contributed by atoms with Crippen LogP contribution in [0, 0.1) is 0 Å². The van der Waals surface area contributed by atoms with E-state index < -0.39 is 0 Å². The molecule has 0 radical (unpaired) electrons. The zero-order valence-corrected chi connectivity index (χ0v) is 19.2. The molecule has 0 aromatic heterocycles. The van der Waals surface area contributed by atoms with Crippen LogP contribution in [-0.4, -0.2) is 64.9 Å². The number of hydrogen-bond acceptors (Lipinski definition) is 3. The molecule has 2 aliphatic heterocycles. The minimum absolute atomic E-state index is 0.0817. The maximum atomic E-state index is 12.9. The fourth-order valence-electron chi connectivity index (χ4n) is 4.78. The Morgan fingerprint density at radius 1 is 0.875 bits per heavy atom. The van der Waals surface area contributed by atoms with Gasteiger partial charge in [-0.25, -0.2) is 4.79 Å². The van der Waals surface area contributed by atoms with Gasteiger partial charge in [0, 0.05) is 56.1 Å². The second kappa shape index (κ2) is 10.2. The van der Waals surface area contributed by atoms with Gasteiger partial charge in [0.25, 0.3) is 5.91 Å². The van der Waals surface area contributed by atoms with Crippen LogP contribution >= 0.6 is 0 Å². The van der Waals surface area contributed by atoms with Crippen molar-refractivity contribution in [2.75, 3.05) is 31.5 Å². The van der Waals surface area contributed by atoms with Crippen LogP contribution in [0.4, 0.5) is 10.5 Å². The SMILES string of the molecule is C[C@@H]1CN(Cc2ccccc2)CCN1C(=O)Nc1ccc(C(=O)N2CCCC[C@H]2C)cc1. The molecule has 2 fully saturated rings. The van der Waals surface area contributed by atoms with Gasteiger partial charge in [-0.3, -0.25) is 9.69 Å². The number of benzene rings is 2. The number of carbonyl (C=O) groups excluding carboxylic acids is 2. The Kier molecular flexibility index (Phi) is 7.10. The number of piperazine rings is 1. The molecule has 0 bridgehead atoms. The van der Waals surface area contributed by atoms with Gasteiger partial charge in [-0.15, -0.1) is 0 Å². The zero-order valence-electron chi connectivity index (χ0n) is 19.2. The quantitative estimate of drug-likeness (QED) is 0.774. The lowest BCUT2D eigenvalue weighted by Crippen LogP contribution is -2.54. The molecule has 6 nitrogen and oxygen atoms in total. The van der Waals surface area contributed by atoms with E-state index in [9.17, 15) is 9.59 Å². The van der Waals surface area contributed by atoms with Crippen molar-refractivity contribution in [2.24, 2.45) is 0 Å². The lowest BCUT2D eigenvalue weighted by atomic mass is 10.0. The number of amides is 3. The van der Waals surface area contributed by atoms with Crippen LogP contribution in [-0.2, 0) is 6.54 Å². The van der Waals surface area contributed by atoms with Crippen molar-refractivity contribution >= 4 is 17.6 Å². The predicted octanol–water partition coefficient (Wildman–Crippen LogP) is 4.44. The number of anilines is 1. The Hall–Kier alpha value is -2.86. The second-order valence-electron chi connectivity index (χ2n) is 9.11. The molecule has 0 aliphatic carbocycles. The summed E-state index contributed by atoms with van der Waals surface area (Å²) in [5.41, 5.74) is 2.70. The molecule has 0 unspecified atom stereocenters. The summed E-state index contributed by atoms with van der Waals surface area (Å²) in [4.78, 5) is 32.0. The predicted molar refractivity (Wildman–Crippen MR) is 128 cm³/mol. The largest absolute Gasteiger partial charge is 0.336 e. The molecule has 2 atom stereocenters. The zero-order chi connectivity index (χ0) is 22.5. The first kappa shape index (κ1) is 22.3. The van der Waals surface area contributed by atoms with Crippen molar-refractivity contribution in [3.8, 4) is 0 Å². The third-order valence-electron chi connectivity index (χ3n) is 6.67. The molecule has 4 rings (SSSR count). The molecule has 2 saturated heterocycles. The number of hydrogen-bond donors (Lipinski definition) is 1. The summed E-state index contributed by atoms with van der Waals surface area (Å²) in [5, 5.41) is 3.00. The van der Waals surface area contributed by atoms with Crippen molar-refractivity contribution in [2.45, 2.75) is 51.7 Å². The first-order valence-electron chi connectivity index (χ1n) is 11.8. The highest BCUT2D eigenvalue weighted by atomic mass is 16.2. The number of nitrogens with zero attached hydrogens (tertiary/aromatic N) is 3. The van der Waals surface area contributed by atoms with Crippen molar-refractivity contribution < 1.29 is 9.59 Å². The van der Waals surface area contributed by atoms with Crippen LogP contribution in [0.1, 0.15) is 49.0 Å². The van der Waals surface area contributed by atoms with Crippen LogP contribution in [0.5, 0.6) is 0 Å². The van der Waals surface area contributed by atoms with Crippen LogP contribution in [0.3, 0.4) is 0 Å². The van der Waals surface area contributed by atoms with E-state index in [0.717, 1.165) is 44.7 Å². The van der Waals surface area contributed by atoms with Gasteiger partial charge >= 0.3 is 6.03 Å². The number of rotatable bonds is 4. The van der Waals surface area contributed by atoms with Gasteiger partial charge in [0.1, 0.15) is 0 Å². The molecule has 1 N–H and O–H groups in total. The van der Waals surface area contributed by atoms with E-state index in [1.165, 1.54) is 12.0 Å². The Bertz CT molecular complexity index is 915. The Morgan fingerprint density at radius 2 is 1.62 bits per heavy atom. The lowest BCUT2D eigenvalue weighted by molar-refractivity contribution is 0.0635. The average Bonchev–Trinajstić information content (AvgIpc) is 2.80. The van der Waals surface area contributed by atoms with Gasteiger partial charge in [0.15, 0.2) is 0 Å². The summed E-state index contributed by atoms with van der Waals surface area (Å²) < 4.78 is 0. The third-order valence-corrected chi connectivity index (χ3v) is 6.67. The molecular formula is C26H34N4O2. The van der Waals surface area contributed by atoms with Gasteiger partial charge in [-0.2, -0.15) is 0 Å². The van der Waals surface area contributed by atoms with Gasteiger partial charge < -0.3 is 15.1 Å². The summed E-state index contributed by atoms with van der Waals surface area (Å²) in [6.07, 6.45) is 3.33. The number of nitrogens with one attached hydrogen (secondary N) is 1. The van der Waals surface area contributed by atoms with Crippen molar-refractivity contribution in [3.05, 3.63) is 65.7 Å².